The first kappa shape index (κ1) is 45.8. The van der Waals surface area contributed by atoms with Crippen molar-refractivity contribution in [2.45, 2.75) is 124 Å². The Labute approximate surface area is 332 Å². The highest BCUT2D eigenvalue weighted by atomic mass is 16.6. The van der Waals surface area contributed by atoms with Crippen molar-refractivity contribution in [2.24, 2.45) is 17.8 Å². The molecule has 2 saturated heterocycles. The number of ether oxygens (including phenoxy) is 4. The molecule has 15 nitrogen and oxygen atoms in total. The van der Waals surface area contributed by atoms with E-state index < -0.39 is 35.2 Å². The average Bonchev–Trinajstić information content (AvgIpc) is 3.14. The van der Waals surface area contributed by atoms with Crippen molar-refractivity contribution in [1.82, 2.24) is 25.8 Å². The molecule has 15 heteroatoms. The van der Waals surface area contributed by atoms with Gasteiger partial charge in [-0.15, -0.1) is 0 Å². The van der Waals surface area contributed by atoms with Crippen LogP contribution in [-0.2, 0) is 39.9 Å². The van der Waals surface area contributed by atoms with Crippen molar-refractivity contribution >= 4 is 36.1 Å². The third kappa shape index (κ3) is 17.5. The molecule has 0 radical (unpaired) electrons. The van der Waals surface area contributed by atoms with E-state index in [1.54, 1.807) is 28.9 Å². The zero-order valence-electron chi connectivity index (χ0n) is 34.5. The van der Waals surface area contributed by atoms with Crippen LogP contribution < -0.4 is 16.0 Å². The lowest BCUT2D eigenvalue weighted by Crippen LogP contribution is -2.50. The number of esters is 1. The van der Waals surface area contributed by atoms with E-state index in [2.05, 4.69) is 16.0 Å². The summed E-state index contributed by atoms with van der Waals surface area (Å²) in [4.78, 5) is 80.2. The first-order valence-electron chi connectivity index (χ1n) is 20.1. The highest BCUT2D eigenvalue weighted by molar-refractivity contribution is 5.87. The van der Waals surface area contributed by atoms with E-state index >= 15 is 0 Å². The van der Waals surface area contributed by atoms with E-state index in [1.807, 2.05) is 59.7 Å². The number of carbonyl (C=O) groups excluding carboxylic acids is 6. The van der Waals surface area contributed by atoms with E-state index in [1.165, 1.54) is 0 Å². The molecule has 3 N–H and O–H groups in total. The lowest BCUT2D eigenvalue weighted by atomic mass is 9.84. The molecule has 1 aromatic rings. The predicted molar refractivity (Wildman–Crippen MR) is 209 cm³/mol. The molecule has 56 heavy (non-hydrogen) atoms. The highest BCUT2D eigenvalue weighted by Gasteiger charge is 2.31. The van der Waals surface area contributed by atoms with Crippen LogP contribution >= 0.6 is 0 Å². The van der Waals surface area contributed by atoms with Crippen LogP contribution in [0.15, 0.2) is 30.3 Å². The largest absolute Gasteiger partial charge is 0.464 e. The molecule has 1 atom stereocenters. The third-order valence-corrected chi connectivity index (χ3v) is 9.75. The van der Waals surface area contributed by atoms with Gasteiger partial charge in [-0.05, 0) is 117 Å². The summed E-state index contributed by atoms with van der Waals surface area (Å²) in [6.45, 7) is 14.6. The van der Waals surface area contributed by atoms with Crippen molar-refractivity contribution in [2.75, 3.05) is 45.9 Å². The Hall–Kier alpha value is -4.56. The maximum Gasteiger partial charge on any atom is 0.410 e. The predicted octanol–water partition coefficient (Wildman–Crippen LogP) is 5.55. The van der Waals surface area contributed by atoms with Crippen LogP contribution in [0.25, 0.3) is 0 Å². The monoisotopic (exact) mass is 787 g/mol. The second kappa shape index (κ2) is 22.2. The summed E-state index contributed by atoms with van der Waals surface area (Å²) in [5, 5.41) is 7.84. The molecule has 0 aliphatic carbocycles. The van der Waals surface area contributed by atoms with Gasteiger partial charge in [-0.3, -0.25) is 9.59 Å². The number of rotatable bonds is 16. The topological polar surface area (TPSA) is 182 Å². The third-order valence-electron chi connectivity index (χ3n) is 9.75. The molecule has 1 aromatic carbocycles. The lowest BCUT2D eigenvalue weighted by Gasteiger charge is -2.34. The number of hydrogen-bond acceptors (Lipinski definition) is 10. The Morgan fingerprint density at radius 3 is 1.70 bits per heavy atom. The normalized spacial score (nSPS) is 16.1. The molecule has 0 unspecified atom stereocenters. The van der Waals surface area contributed by atoms with Gasteiger partial charge in [0.1, 0.15) is 23.9 Å². The van der Waals surface area contributed by atoms with Crippen LogP contribution in [0.3, 0.4) is 0 Å². The standard InChI is InChI=1S/C41H65N5O10/c1-8-53-36(49)33(44-37(50)54-28-31-12-10-9-11-13-31)26-42-34(47)27-43-35(48)32(16-14-29-18-22-45(23-19-29)38(51)55-40(2,3)4)17-15-30-20-24-46(25-21-30)39(52)56-41(5,6)7/h9-13,29-30,32-33H,8,14-28H2,1-7H3,(H,42,47)(H,43,48)(H,44,50)/t33-/m0/s1. The Balaban J connectivity index is 1.53. The second-order valence-corrected chi connectivity index (χ2v) is 16.7. The summed E-state index contributed by atoms with van der Waals surface area (Å²) in [6, 6.07) is 7.86. The summed E-state index contributed by atoms with van der Waals surface area (Å²) >= 11 is 0. The van der Waals surface area contributed by atoms with E-state index in [4.69, 9.17) is 18.9 Å². The smallest absolute Gasteiger partial charge is 0.410 e. The van der Waals surface area contributed by atoms with Gasteiger partial charge in [-0.2, -0.15) is 0 Å². The average molecular weight is 788 g/mol. The summed E-state index contributed by atoms with van der Waals surface area (Å²) in [5.74, 6) is -1.16. The number of likely N-dealkylation sites (tertiary alicyclic amines) is 2. The van der Waals surface area contributed by atoms with Gasteiger partial charge < -0.3 is 44.7 Å². The van der Waals surface area contributed by atoms with Gasteiger partial charge in [-0.25, -0.2) is 19.2 Å². The number of nitrogens with zero attached hydrogens (tertiary/aromatic N) is 2. The van der Waals surface area contributed by atoms with E-state index in [0.29, 0.717) is 50.9 Å². The summed E-state index contributed by atoms with van der Waals surface area (Å²) in [7, 11) is 0. The minimum Gasteiger partial charge on any atom is -0.464 e. The fourth-order valence-corrected chi connectivity index (χ4v) is 6.67. The van der Waals surface area contributed by atoms with Gasteiger partial charge in [-0.1, -0.05) is 30.3 Å². The van der Waals surface area contributed by atoms with Crippen molar-refractivity contribution in [3.8, 4) is 0 Å². The quantitative estimate of drug-likeness (QED) is 0.142. The van der Waals surface area contributed by atoms with Crippen LogP contribution in [0.5, 0.6) is 0 Å². The van der Waals surface area contributed by atoms with Crippen molar-refractivity contribution in [3.05, 3.63) is 35.9 Å². The molecule has 0 aromatic heterocycles. The fraction of sp³-hybridized carbons (Fsp3) is 0.707. The van der Waals surface area contributed by atoms with Gasteiger partial charge in [0.05, 0.1) is 13.2 Å². The molecule has 2 aliphatic rings. The first-order chi connectivity index (χ1) is 26.4. The molecule has 0 saturated carbocycles. The molecule has 0 bridgehead atoms. The molecule has 5 amide bonds. The SMILES string of the molecule is CCOC(=O)[C@H](CNC(=O)CNC(=O)C(CCC1CCN(C(=O)OC(C)(C)C)CC1)CCC1CCN(C(=O)OC(C)(C)C)CC1)NC(=O)OCc1ccccc1. The Morgan fingerprint density at radius 1 is 0.732 bits per heavy atom. The van der Waals surface area contributed by atoms with Gasteiger partial charge in [0, 0.05) is 38.6 Å². The maximum absolute atomic E-state index is 13.6. The number of amides is 5. The van der Waals surface area contributed by atoms with Gasteiger partial charge >= 0.3 is 24.2 Å². The number of carbonyl (C=O) groups is 6. The zero-order valence-corrected chi connectivity index (χ0v) is 34.5. The minimum atomic E-state index is -1.20. The van der Waals surface area contributed by atoms with Crippen molar-refractivity contribution in [3.63, 3.8) is 0 Å². The van der Waals surface area contributed by atoms with E-state index in [-0.39, 0.29) is 50.3 Å². The molecule has 0 spiro atoms. The molecule has 314 valence electrons. The summed E-state index contributed by atoms with van der Waals surface area (Å²) in [6.07, 6.45) is 4.65. The Morgan fingerprint density at radius 2 is 1.23 bits per heavy atom. The second-order valence-electron chi connectivity index (χ2n) is 16.7. The van der Waals surface area contributed by atoms with Crippen LogP contribution in [-0.4, -0.2) is 109 Å². The van der Waals surface area contributed by atoms with Crippen molar-refractivity contribution in [1.29, 1.82) is 0 Å². The first-order valence-corrected chi connectivity index (χ1v) is 20.1. The number of hydrogen-bond donors (Lipinski definition) is 3. The van der Waals surface area contributed by atoms with Gasteiger partial charge in [0.2, 0.25) is 11.8 Å². The number of benzene rings is 1. The van der Waals surface area contributed by atoms with E-state index in [0.717, 1.165) is 44.1 Å². The van der Waals surface area contributed by atoms with Gasteiger partial charge in [0.25, 0.3) is 0 Å². The minimum absolute atomic E-state index is 0.00166. The summed E-state index contributed by atoms with van der Waals surface area (Å²) in [5.41, 5.74) is -0.355. The van der Waals surface area contributed by atoms with Crippen LogP contribution in [0.4, 0.5) is 14.4 Å². The molecule has 3 rings (SSSR count). The number of piperidine rings is 2. The Kier molecular flexibility index (Phi) is 18.2. The van der Waals surface area contributed by atoms with Crippen molar-refractivity contribution < 1.29 is 47.7 Å². The Bertz CT molecular complexity index is 1380. The number of alkyl carbamates (subject to hydrolysis) is 1. The fourth-order valence-electron chi connectivity index (χ4n) is 6.67. The number of nitrogens with one attached hydrogen (secondary N) is 3. The molecule has 2 fully saturated rings. The maximum atomic E-state index is 13.6. The van der Waals surface area contributed by atoms with E-state index in [9.17, 15) is 28.8 Å². The molecule has 2 heterocycles. The van der Waals surface area contributed by atoms with Crippen LogP contribution in [0.1, 0.15) is 105 Å². The van der Waals surface area contributed by atoms with Gasteiger partial charge in [0.15, 0.2) is 0 Å². The van der Waals surface area contributed by atoms with Crippen LogP contribution in [0, 0.1) is 17.8 Å². The summed E-state index contributed by atoms with van der Waals surface area (Å²) < 4.78 is 21.4. The molecule has 2 aliphatic heterocycles. The zero-order chi connectivity index (χ0) is 41.3. The molecular weight excluding hydrogens is 722 g/mol. The van der Waals surface area contributed by atoms with Crippen LogP contribution in [0.2, 0.25) is 0 Å². The highest BCUT2D eigenvalue weighted by Crippen LogP contribution is 2.30. The molecular formula is C41H65N5O10. The lowest BCUT2D eigenvalue weighted by molar-refractivity contribution is -0.145.